The van der Waals surface area contributed by atoms with Crippen molar-refractivity contribution in [3.63, 3.8) is 0 Å². The Bertz CT molecular complexity index is 744. The molecule has 0 bridgehead atoms. The van der Waals surface area contributed by atoms with Crippen LogP contribution in [0.25, 0.3) is 0 Å². The molecule has 0 spiro atoms. The fourth-order valence-corrected chi connectivity index (χ4v) is 4.36. The standard InChI is InChI=1S/C22H32N4O2S/c1-18-8-9-21(29-18)20(26-11-14-27-15-12-26)16-25-22(23-2)24-10-13-28-17-19-6-4-3-5-7-19/h3-9,20H,10-17H2,1-2H3,(H2,23,24,25). The third-order valence-corrected chi connectivity index (χ3v) is 6.01. The zero-order valence-electron chi connectivity index (χ0n) is 17.4. The molecule has 2 aromatic rings. The van der Waals surface area contributed by atoms with E-state index in [-0.39, 0.29) is 0 Å². The molecule has 1 saturated heterocycles. The Morgan fingerprint density at radius 3 is 2.66 bits per heavy atom. The number of nitrogens with zero attached hydrogens (tertiary/aromatic N) is 2. The van der Waals surface area contributed by atoms with Gasteiger partial charge in [-0.25, -0.2) is 0 Å². The number of morpholine rings is 1. The van der Waals surface area contributed by atoms with E-state index in [9.17, 15) is 0 Å². The normalized spacial score (nSPS) is 16.6. The Hall–Kier alpha value is -1.93. The Morgan fingerprint density at radius 1 is 1.17 bits per heavy atom. The SMILES string of the molecule is CN=C(NCCOCc1ccccc1)NCC(c1ccc(C)s1)N1CCOCC1. The molecule has 7 heteroatoms. The van der Waals surface area contributed by atoms with Crippen LogP contribution < -0.4 is 10.6 Å². The molecular formula is C22H32N4O2S. The van der Waals surface area contributed by atoms with E-state index in [4.69, 9.17) is 9.47 Å². The molecule has 158 valence electrons. The number of hydrogen-bond donors (Lipinski definition) is 2. The highest BCUT2D eigenvalue weighted by atomic mass is 32.1. The minimum absolute atomic E-state index is 0.325. The quantitative estimate of drug-likeness (QED) is 0.374. The molecule has 1 aliphatic rings. The molecule has 1 aromatic heterocycles. The summed E-state index contributed by atoms with van der Waals surface area (Å²) in [6.07, 6.45) is 0. The van der Waals surface area contributed by atoms with Crippen molar-refractivity contribution >= 4 is 17.3 Å². The van der Waals surface area contributed by atoms with Gasteiger partial charge >= 0.3 is 0 Å². The number of benzene rings is 1. The topological polar surface area (TPSA) is 58.1 Å². The maximum absolute atomic E-state index is 5.74. The Balaban J connectivity index is 1.44. The summed E-state index contributed by atoms with van der Waals surface area (Å²) in [5.41, 5.74) is 1.19. The van der Waals surface area contributed by atoms with Gasteiger partial charge in [0.1, 0.15) is 0 Å². The molecule has 0 saturated carbocycles. The van der Waals surface area contributed by atoms with E-state index in [1.165, 1.54) is 15.3 Å². The first kappa shape index (κ1) is 21.8. The molecule has 1 atom stereocenters. The number of thiophene rings is 1. The average Bonchev–Trinajstić information content (AvgIpc) is 3.19. The molecule has 3 rings (SSSR count). The second kappa shape index (κ2) is 11.9. The van der Waals surface area contributed by atoms with Gasteiger partial charge < -0.3 is 20.1 Å². The van der Waals surface area contributed by atoms with E-state index < -0.39 is 0 Å². The molecule has 0 radical (unpaired) electrons. The Kier molecular flexibility index (Phi) is 8.95. The van der Waals surface area contributed by atoms with Gasteiger partial charge in [0.05, 0.1) is 32.5 Å². The van der Waals surface area contributed by atoms with Gasteiger partial charge in [-0.05, 0) is 24.6 Å². The molecule has 2 N–H and O–H groups in total. The van der Waals surface area contributed by atoms with Crippen LogP contribution in [0.5, 0.6) is 0 Å². The van der Waals surface area contributed by atoms with Gasteiger partial charge in [-0.1, -0.05) is 30.3 Å². The first-order valence-electron chi connectivity index (χ1n) is 10.2. The van der Waals surface area contributed by atoms with Crippen molar-refractivity contribution in [3.8, 4) is 0 Å². The monoisotopic (exact) mass is 416 g/mol. The molecule has 29 heavy (non-hydrogen) atoms. The number of aryl methyl sites for hydroxylation is 1. The van der Waals surface area contributed by atoms with E-state index in [1.807, 2.05) is 29.5 Å². The lowest BCUT2D eigenvalue weighted by Gasteiger charge is -2.34. The van der Waals surface area contributed by atoms with Crippen molar-refractivity contribution < 1.29 is 9.47 Å². The molecule has 1 unspecified atom stereocenters. The average molecular weight is 417 g/mol. The highest BCUT2D eigenvalue weighted by Crippen LogP contribution is 2.27. The summed E-state index contributed by atoms with van der Waals surface area (Å²) in [6, 6.07) is 15.0. The highest BCUT2D eigenvalue weighted by Gasteiger charge is 2.24. The number of ether oxygens (including phenoxy) is 2. The number of aliphatic imine (C=N–C) groups is 1. The number of hydrogen-bond acceptors (Lipinski definition) is 5. The molecule has 6 nitrogen and oxygen atoms in total. The molecule has 2 heterocycles. The summed E-state index contributed by atoms with van der Waals surface area (Å²) in [4.78, 5) is 9.59. The number of rotatable bonds is 9. The predicted octanol–water partition coefficient (Wildman–Crippen LogP) is 2.81. The first-order chi connectivity index (χ1) is 14.3. The Morgan fingerprint density at radius 2 is 1.97 bits per heavy atom. The second-order valence-electron chi connectivity index (χ2n) is 7.03. The van der Waals surface area contributed by atoms with E-state index >= 15 is 0 Å². The van der Waals surface area contributed by atoms with Gasteiger partial charge in [0.2, 0.25) is 0 Å². The summed E-state index contributed by atoms with van der Waals surface area (Å²) in [5, 5.41) is 6.84. The third kappa shape index (κ3) is 7.12. The van der Waals surface area contributed by atoms with Crippen LogP contribution in [0.15, 0.2) is 47.5 Å². The smallest absolute Gasteiger partial charge is 0.191 e. The lowest BCUT2D eigenvalue weighted by molar-refractivity contribution is 0.0177. The third-order valence-electron chi connectivity index (χ3n) is 4.91. The molecule has 1 aliphatic heterocycles. The van der Waals surface area contributed by atoms with Crippen LogP contribution in [0.4, 0.5) is 0 Å². The van der Waals surface area contributed by atoms with Crippen LogP contribution >= 0.6 is 11.3 Å². The van der Waals surface area contributed by atoms with Crippen LogP contribution in [0.3, 0.4) is 0 Å². The fourth-order valence-electron chi connectivity index (χ4n) is 3.35. The maximum atomic E-state index is 5.74. The zero-order valence-corrected chi connectivity index (χ0v) is 18.2. The first-order valence-corrected chi connectivity index (χ1v) is 11.0. The van der Waals surface area contributed by atoms with Crippen molar-refractivity contribution in [2.45, 2.75) is 19.6 Å². The summed E-state index contributed by atoms with van der Waals surface area (Å²) in [7, 11) is 1.80. The number of guanidine groups is 1. The van der Waals surface area contributed by atoms with Gasteiger partial charge in [0.25, 0.3) is 0 Å². The van der Waals surface area contributed by atoms with Crippen LogP contribution in [-0.2, 0) is 16.1 Å². The van der Waals surface area contributed by atoms with Gasteiger partial charge in [0.15, 0.2) is 5.96 Å². The minimum atomic E-state index is 0.325. The molecule has 1 fully saturated rings. The largest absolute Gasteiger partial charge is 0.379 e. The molecule has 0 aliphatic carbocycles. The van der Waals surface area contributed by atoms with E-state index in [1.54, 1.807) is 7.05 Å². The molecule has 0 amide bonds. The fraction of sp³-hybridized carbons (Fsp3) is 0.500. The van der Waals surface area contributed by atoms with Crippen molar-refractivity contribution in [1.29, 1.82) is 0 Å². The summed E-state index contributed by atoms with van der Waals surface area (Å²) in [6.45, 7) is 8.47. The van der Waals surface area contributed by atoms with Gasteiger partial charge in [-0.2, -0.15) is 0 Å². The van der Waals surface area contributed by atoms with Crippen LogP contribution in [0.2, 0.25) is 0 Å². The van der Waals surface area contributed by atoms with Gasteiger partial charge in [-0.15, -0.1) is 11.3 Å². The van der Waals surface area contributed by atoms with Crippen molar-refractivity contribution in [2.24, 2.45) is 4.99 Å². The van der Waals surface area contributed by atoms with Crippen LogP contribution in [0.1, 0.15) is 21.4 Å². The lowest BCUT2D eigenvalue weighted by Crippen LogP contribution is -2.46. The second-order valence-corrected chi connectivity index (χ2v) is 8.35. The van der Waals surface area contributed by atoms with Gasteiger partial charge in [0, 0.05) is 43.0 Å². The number of nitrogens with one attached hydrogen (secondary N) is 2. The maximum Gasteiger partial charge on any atom is 0.191 e. The lowest BCUT2D eigenvalue weighted by atomic mass is 10.2. The van der Waals surface area contributed by atoms with E-state index in [0.29, 0.717) is 25.8 Å². The summed E-state index contributed by atoms with van der Waals surface area (Å²) < 4.78 is 11.3. The molecule has 1 aromatic carbocycles. The zero-order chi connectivity index (χ0) is 20.3. The van der Waals surface area contributed by atoms with Crippen LogP contribution in [0, 0.1) is 6.92 Å². The minimum Gasteiger partial charge on any atom is -0.379 e. The predicted molar refractivity (Wildman–Crippen MR) is 120 cm³/mol. The summed E-state index contributed by atoms with van der Waals surface area (Å²) in [5.74, 6) is 0.805. The van der Waals surface area contributed by atoms with E-state index in [0.717, 1.165) is 38.8 Å². The molecular weight excluding hydrogens is 384 g/mol. The van der Waals surface area contributed by atoms with Crippen molar-refractivity contribution in [3.05, 3.63) is 57.8 Å². The Labute approximate surface area is 177 Å². The highest BCUT2D eigenvalue weighted by molar-refractivity contribution is 7.12. The van der Waals surface area contributed by atoms with Crippen LogP contribution in [-0.4, -0.2) is 63.9 Å². The van der Waals surface area contributed by atoms with E-state index in [2.05, 4.69) is 51.7 Å². The van der Waals surface area contributed by atoms with Crippen molar-refractivity contribution in [1.82, 2.24) is 15.5 Å². The van der Waals surface area contributed by atoms with Gasteiger partial charge in [-0.3, -0.25) is 9.89 Å². The van der Waals surface area contributed by atoms with Crippen molar-refractivity contribution in [2.75, 3.05) is 53.0 Å². The summed E-state index contributed by atoms with van der Waals surface area (Å²) >= 11 is 1.87.